The van der Waals surface area contributed by atoms with Gasteiger partial charge in [-0.05, 0) is 26.7 Å². The van der Waals surface area contributed by atoms with Crippen LogP contribution in [-0.4, -0.2) is 60.0 Å². The molecule has 0 N–H and O–H groups in total. The highest BCUT2D eigenvalue weighted by molar-refractivity contribution is 5.79. The summed E-state index contributed by atoms with van der Waals surface area (Å²) in [5.41, 5.74) is -0.301. The Bertz CT molecular complexity index is 340. The second-order valence-electron chi connectivity index (χ2n) is 6.76. The largest absolute Gasteiger partial charge is 0.366 e. The van der Waals surface area contributed by atoms with E-state index in [1.165, 1.54) is 0 Å². The van der Waals surface area contributed by atoms with E-state index < -0.39 is 0 Å². The Balaban J connectivity index is 2.34. The molecule has 5 heteroatoms. The van der Waals surface area contributed by atoms with Gasteiger partial charge >= 0.3 is 0 Å². The van der Waals surface area contributed by atoms with E-state index in [1.54, 1.807) is 4.90 Å². The Labute approximate surface area is 122 Å². The van der Waals surface area contributed by atoms with E-state index in [0.29, 0.717) is 38.5 Å². The maximum Gasteiger partial charge on any atom is 0.248 e. The number of carbonyl (C=O) groups is 2. The van der Waals surface area contributed by atoms with Gasteiger partial charge in [-0.15, -0.1) is 0 Å². The smallest absolute Gasteiger partial charge is 0.248 e. The van der Waals surface area contributed by atoms with Crippen molar-refractivity contribution in [1.29, 1.82) is 0 Å². The lowest BCUT2D eigenvalue weighted by atomic mass is 10.1. The van der Waals surface area contributed by atoms with Crippen LogP contribution >= 0.6 is 0 Å². The highest BCUT2D eigenvalue weighted by atomic mass is 16.5. The van der Waals surface area contributed by atoms with Crippen LogP contribution in [0.25, 0.3) is 0 Å². The van der Waals surface area contributed by atoms with Crippen molar-refractivity contribution in [1.82, 2.24) is 9.80 Å². The van der Waals surface area contributed by atoms with Gasteiger partial charge in [0, 0.05) is 32.6 Å². The van der Waals surface area contributed by atoms with Gasteiger partial charge in [0.05, 0.1) is 5.60 Å². The Hall–Kier alpha value is -1.10. The number of hydrogen-bond acceptors (Lipinski definition) is 3. The third-order valence-corrected chi connectivity index (χ3v) is 3.20. The first kappa shape index (κ1) is 17.0. The molecule has 1 saturated heterocycles. The van der Waals surface area contributed by atoms with Crippen molar-refractivity contribution in [3.8, 4) is 0 Å². The van der Waals surface area contributed by atoms with Crippen molar-refractivity contribution in [2.75, 3.05) is 32.8 Å². The first-order valence-corrected chi connectivity index (χ1v) is 7.38. The van der Waals surface area contributed by atoms with Crippen molar-refractivity contribution < 1.29 is 14.3 Å². The van der Waals surface area contributed by atoms with E-state index in [-0.39, 0.29) is 24.0 Å². The average molecular weight is 284 g/mol. The summed E-state index contributed by atoms with van der Waals surface area (Å²) >= 11 is 0. The minimum Gasteiger partial charge on any atom is -0.366 e. The SMILES string of the molecule is CC(C)CC(=O)N1CCN(C(=O)COC(C)(C)C)CC1. The van der Waals surface area contributed by atoms with Crippen molar-refractivity contribution in [3.05, 3.63) is 0 Å². The van der Waals surface area contributed by atoms with E-state index in [0.717, 1.165) is 0 Å². The summed E-state index contributed by atoms with van der Waals surface area (Å²) in [6.07, 6.45) is 0.584. The van der Waals surface area contributed by atoms with Crippen LogP contribution in [-0.2, 0) is 14.3 Å². The molecule has 0 saturated carbocycles. The number of ether oxygens (including phenoxy) is 1. The van der Waals surface area contributed by atoms with Crippen LogP contribution in [0, 0.1) is 5.92 Å². The molecule has 5 nitrogen and oxygen atoms in total. The highest BCUT2D eigenvalue weighted by Crippen LogP contribution is 2.10. The Morgan fingerprint density at radius 2 is 1.45 bits per heavy atom. The van der Waals surface area contributed by atoms with E-state index in [9.17, 15) is 9.59 Å². The highest BCUT2D eigenvalue weighted by Gasteiger charge is 2.25. The summed E-state index contributed by atoms with van der Waals surface area (Å²) in [6, 6.07) is 0. The number of rotatable bonds is 4. The topological polar surface area (TPSA) is 49.9 Å². The molecule has 2 amide bonds. The molecule has 1 aliphatic rings. The van der Waals surface area contributed by atoms with Crippen LogP contribution in [0.5, 0.6) is 0 Å². The fourth-order valence-corrected chi connectivity index (χ4v) is 2.05. The summed E-state index contributed by atoms with van der Waals surface area (Å²) in [5, 5.41) is 0. The summed E-state index contributed by atoms with van der Waals surface area (Å²) in [7, 11) is 0. The van der Waals surface area contributed by atoms with Gasteiger partial charge in [-0.3, -0.25) is 9.59 Å². The molecule has 0 aromatic carbocycles. The Morgan fingerprint density at radius 3 is 1.85 bits per heavy atom. The fourth-order valence-electron chi connectivity index (χ4n) is 2.05. The maximum atomic E-state index is 12.0. The molecule has 0 aliphatic carbocycles. The van der Waals surface area contributed by atoms with Gasteiger partial charge in [-0.1, -0.05) is 13.8 Å². The van der Waals surface area contributed by atoms with Crippen LogP contribution < -0.4 is 0 Å². The number of carbonyl (C=O) groups excluding carboxylic acids is 2. The zero-order valence-corrected chi connectivity index (χ0v) is 13.4. The molecule has 1 aliphatic heterocycles. The monoisotopic (exact) mass is 284 g/mol. The molecule has 0 unspecified atom stereocenters. The number of nitrogens with zero attached hydrogens (tertiary/aromatic N) is 2. The van der Waals surface area contributed by atoms with E-state index in [2.05, 4.69) is 0 Å². The lowest BCUT2D eigenvalue weighted by molar-refractivity contribution is -0.146. The number of amides is 2. The minimum atomic E-state index is -0.301. The molecule has 1 heterocycles. The molecule has 0 aromatic rings. The van der Waals surface area contributed by atoms with Gasteiger partial charge in [0.25, 0.3) is 0 Å². The standard InChI is InChI=1S/C15H28N2O3/c1-12(2)10-13(18)16-6-8-17(9-7-16)14(19)11-20-15(3,4)5/h12H,6-11H2,1-5H3. The predicted octanol–water partition coefficient (Wildman–Crippen LogP) is 1.52. The van der Waals surface area contributed by atoms with Gasteiger partial charge in [0.2, 0.25) is 11.8 Å². The normalized spacial score (nSPS) is 16.7. The van der Waals surface area contributed by atoms with Crippen molar-refractivity contribution >= 4 is 11.8 Å². The van der Waals surface area contributed by atoms with Crippen LogP contribution in [0.4, 0.5) is 0 Å². The van der Waals surface area contributed by atoms with Crippen molar-refractivity contribution in [2.45, 2.75) is 46.6 Å². The van der Waals surface area contributed by atoms with Crippen LogP contribution in [0.2, 0.25) is 0 Å². The minimum absolute atomic E-state index is 0.0101. The van der Waals surface area contributed by atoms with Crippen molar-refractivity contribution in [3.63, 3.8) is 0 Å². The zero-order valence-electron chi connectivity index (χ0n) is 13.4. The Morgan fingerprint density at radius 1 is 1.00 bits per heavy atom. The second-order valence-corrected chi connectivity index (χ2v) is 6.76. The molecule has 0 atom stereocenters. The summed E-state index contributed by atoms with van der Waals surface area (Å²) < 4.78 is 5.50. The van der Waals surface area contributed by atoms with Crippen molar-refractivity contribution in [2.24, 2.45) is 5.92 Å². The molecule has 20 heavy (non-hydrogen) atoms. The van der Waals surface area contributed by atoms with Crippen LogP contribution in [0.3, 0.4) is 0 Å². The van der Waals surface area contributed by atoms with E-state index in [4.69, 9.17) is 4.74 Å². The quantitative estimate of drug-likeness (QED) is 0.786. The zero-order chi connectivity index (χ0) is 15.3. The molecule has 0 bridgehead atoms. The molecule has 1 fully saturated rings. The first-order valence-electron chi connectivity index (χ1n) is 7.38. The molecule has 1 rings (SSSR count). The lowest BCUT2D eigenvalue weighted by Gasteiger charge is -2.35. The molecular weight excluding hydrogens is 256 g/mol. The van der Waals surface area contributed by atoms with Gasteiger partial charge in [0.15, 0.2) is 0 Å². The number of piperazine rings is 1. The third-order valence-electron chi connectivity index (χ3n) is 3.20. The Kier molecular flexibility index (Phi) is 5.99. The molecule has 0 radical (unpaired) electrons. The van der Waals surface area contributed by atoms with Gasteiger partial charge in [0.1, 0.15) is 6.61 Å². The van der Waals surface area contributed by atoms with E-state index in [1.807, 2.05) is 39.5 Å². The first-order chi connectivity index (χ1) is 9.19. The fraction of sp³-hybridized carbons (Fsp3) is 0.867. The van der Waals surface area contributed by atoms with Crippen LogP contribution in [0.1, 0.15) is 41.0 Å². The predicted molar refractivity (Wildman–Crippen MR) is 78.3 cm³/mol. The lowest BCUT2D eigenvalue weighted by Crippen LogP contribution is -2.51. The second kappa shape index (κ2) is 7.07. The van der Waals surface area contributed by atoms with E-state index >= 15 is 0 Å². The molecular formula is C15H28N2O3. The average Bonchev–Trinajstić information content (AvgIpc) is 2.34. The van der Waals surface area contributed by atoms with Gasteiger partial charge in [-0.2, -0.15) is 0 Å². The maximum absolute atomic E-state index is 12.0. The third kappa shape index (κ3) is 5.90. The number of hydrogen-bond donors (Lipinski definition) is 0. The molecule has 0 spiro atoms. The summed E-state index contributed by atoms with van der Waals surface area (Å²) in [6.45, 7) is 12.5. The summed E-state index contributed by atoms with van der Waals surface area (Å²) in [4.78, 5) is 27.6. The molecule has 0 aromatic heterocycles. The van der Waals surface area contributed by atoms with Gasteiger partial charge < -0.3 is 14.5 Å². The summed E-state index contributed by atoms with van der Waals surface area (Å²) in [5.74, 6) is 0.580. The molecule has 116 valence electrons. The van der Waals surface area contributed by atoms with Crippen LogP contribution in [0.15, 0.2) is 0 Å². The van der Waals surface area contributed by atoms with Gasteiger partial charge in [-0.25, -0.2) is 0 Å².